The summed E-state index contributed by atoms with van der Waals surface area (Å²) in [6.45, 7) is 0. The minimum Gasteiger partial charge on any atom is -0.506 e. The highest BCUT2D eigenvalue weighted by atomic mass is 35.5. The molecule has 6 atom stereocenters. The molecule has 5 heteroatoms. The molecule has 0 radical (unpaired) electrons. The molecule has 6 rings (SSSR count). The number of hydrogen-bond acceptors (Lipinski definition) is 3. The molecule has 4 aliphatic carbocycles. The van der Waals surface area contributed by atoms with Gasteiger partial charge in [-0.25, -0.2) is 4.90 Å². The summed E-state index contributed by atoms with van der Waals surface area (Å²) in [5.41, 5.74) is 0.252. The fourth-order valence-corrected chi connectivity index (χ4v) is 5.05. The van der Waals surface area contributed by atoms with Crippen LogP contribution in [0.15, 0.2) is 30.4 Å². The van der Waals surface area contributed by atoms with Crippen LogP contribution in [0.1, 0.15) is 6.42 Å². The van der Waals surface area contributed by atoms with Crippen LogP contribution in [0.5, 0.6) is 5.75 Å². The largest absolute Gasteiger partial charge is 0.506 e. The number of halogens is 1. The molecule has 1 aliphatic heterocycles. The zero-order chi connectivity index (χ0) is 15.2. The van der Waals surface area contributed by atoms with E-state index < -0.39 is 0 Å². The molecule has 4 nitrogen and oxygen atoms in total. The summed E-state index contributed by atoms with van der Waals surface area (Å²) >= 11 is 5.84. The van der Waals surface area contributed by atoms with E-state index >= 15 is 0 Å². The number of carbonyl (C=O) groups excluding carboxylic acids is 2. The maximum atomic E-state index is 12.9. The lowest BCUT2D eigenvalue weighted by atomic mass is 9.63. The van der Waals surface area contributed by atoms with E-state index in [1.807, 2.05) is 0 Å². The SMILES string of the molecule is O=C1[C@@H]2[C@H]3C=C[C@@H]([C@@H]4C[C@H]34)[C@H]2C(=O)N1c1ccc(Cl)cc1O. The van der Waals surface area contributed by atoms with Gasteiger partial charge in [-0.1, -0.05) is 23.8 Å². The first kappa shape index (κ1) is 12.7. The number of rotatable bonds is 1. The van der Waals surface area contributed by atoms with E-state index in [1.54, 1.807) is 12.1 Å². The predicted molar refractivity (Wildman–Crippen MR) is 80.3 cm³/mol. The van der Waals surface area contributed by atoms with Gasteiger partial charge in [-0.3, -0.25) is 9.59 Å². The molecular weight excluding hydrogens is 302 g/mol. The van der Waals surface area contributed by atoms with E-state index in [1.165, 1.54) is 11.0 Å². The van der Waals surface area contributed by atoms with Crippen molar-refractivity contribution in [2.75, 3.05) is 4.90 Å². The van der Waals surface area contributed by atoms with Crippen LogP contribution in [-0.4, -0.2) is 16.9 Å². The Kier molecular flexibility index (Phi) is 2.27. The van der Waals surface area contributed by atoms with Crippen molar-refractivity contribution in [3.8, 4) is 5.75 Å². The minimum atomic E-state index is -0.249. The molecule has 1 aromatic carbocycles. The number of phenolic OH excluding ortho intramolecular Hbond substituents is 1. The van der Waals surface area contributed by atoms with Crippen LogP contribution in [0.3, 0.4) is 0 Å². The maximum absolute atomic E-state index is 12.9. The third kappa shape index (κ3) is 1.39. The van der Waals surface area contributed by atoms with Crippen LogP contribution in [-0.2, 0) is 9.59 Å². The highest BCUT2D eigenvalue weighted by Crippen LogP contribution is 2.65. The number of phenols is 1. The van der Waals surface area contributed by atoms with Crippen molar-refractivity contribution in [2.45, 2.75) is 6.42 Å². The fraction of sp³-hybridized carbons (Fsp3) is 0.412. The van der Waals surface area contributed by atoms with Crippen LogP contribution in [0.25, 0.3) is 0 Å². The summed E-state index contributed by atoms with van der Waals surface area (Å²) in [5.74, 6) is 0.570. The second-order valence-corrected chi connectivity index (χ2v) is 7.24. The van der Waals surface area contributed by atoms with E-state index in [0.29, 0.717) is 16.9 Å². The van der Waals surface area contributed by atoms with Crippen molar-refractivity contribution in [3.05, 3.63) is 35.4 Å². The molecule has 2 bridgehead atoms. The van der Waals surface area contributed by atoms with Crippen molar-refractivity contribution >= 4 is 29.1 Å². The lowest BCUT2D eigenvalue weighted by Crippen LogP contribution is -2.40. The van der Waals surface area contributed by atoms with Crippen LogP contribution in [0.4, 0.5) is 5.69 Å². The van der Waals surface area contributed by atoms with Gasteiger partial charge in [-0.05, 0) is 42.2 Å². The quantitative estimate of drug-likeness (QED) is 0.640. The van der Waals surface area contributed by atoms with Gasteiger partial charge in [0.15, 0.2) is 0 Å². The molecule has 1 saturated heterocycles. The van der Waals surface area contributed by atoms with Crippen LogP contribution >= 0.6 is 11.6 Å². The zero-order valence-corrected chi connectivity index (χ0v) is 12.4. The molecule has 22 heavy (non-hydrogen) atoms. The van der Waals surface area contributed by atoms with Gasteiger partial charge in [0.1, 0.15) is 5.75 Å². The van der Waals surface area contributed by atoms with Gasteiger partial charge in [0, 0.05) is 11.1 Å². The standard InChI is InChI=1S/C17H14ClNO3/c18-7-1-4-12(13(20)5-7)19-16(21)14-8-2-3-9(11-6-10(8)11)15(14)17(19)22/h1-5,8-11,14-15,20H,6H2/t8-,9-,10-,11+,14+,15+/m0/s1. The number of aromatic hydroxyl groups is 1. The minimum absolute atomic E-state index is 0.127. The van der Waals surface area contributed by atoms with Crippen LogP contribution in [0, 0.1) is 35.5 Å². The zero-order valence-electron chi connectivity index (χ0n) is 11.6. The lowest BCUT2D eigenvalue weighted by Gasteiger charge is -2.37. The van der Waals surface area contributed by atoms with Gasteiger partial charge < -0.3 is 5.11 Å². The monoisotopic (exact) mass is 315 g/mol. The summed E-state index contributed by atoms with van der Waals surface area (Å²) in [7, 11) is 0. The fourth-order valence-electron chi connectivity index (χ4n) is 4.88. The summed E-state index contributed by atoms with van der Waals surface area (Å²) in [6.07, 6.45) is 5.41. The van der Waals surface area contributed by atoms with E-state index in [2.05, 4.69) is 12.2 Å². The number of nitrogens with zero attached hydrogens (tertiary/aromatic N) is 1. The number of amides is 2. The summed E-state index contributed by atoms with van der Waals surface area (Å²) in [5, 5.41) is 10.5. The Morgan fingerprint density at radius 3 is 2.18 bits per heavy atom. The number of allylic oxidation sites excluding steroid dienone is 2. The first-order chi connectivity index (χ1) is 10.6. The highest BCUT2D eigenvalue weighted by molar-refractivity contribution is 6.31. The topological polar surface area (TPSA) is 57.6 Å². The van der Waals surface area contributed by atoms with Gasteiger partial charge in [0.2, 0.25) is 11.8 Å². The van der Waals surface area contributed by atoms with Crippen LogP contribution < -0.4 is 4.90 Å². The Bertz CT molecular complexity index is 722. The molecule has 5 aliphatic rings. The Morgan fingerprint density at radius 2 is 1.64 bits per heavy atom. The Morgan fingerprint density at radius 1 is 1.05 bits per heavy atom. The molecule has 0 spiro atoms. The first-order valence-corrected chi connectivity index (χ1v) is 8.00. The highest BCUT2D eigenvalue weighted by Gasteiger charge is 2.67. The Balaban J connectivity index is 1.60. The third-order valence-electron chi connectivity index (χ3n) is 5.84. The first-order valence-electron chi connectivity index (χ1n) is 7.62. The lowest BCUT2D eigenvalue weighted by molar-refractivity contribution is -0.124. The summed E-state index contributed by atoms with van der Waals surface area (Å²) in [4.78, 5) is 26.9. The van der Waals surface area contributed by atoms with E-state index in [9.17, 15) is 14.7 Å². The second kappa shape index (κ2) is 3.93. The molecule has 2 amide bonds. The molecule has 0 aromatic heterocycles. The van der Waals surface area contributed by atoms with Gasteiger partial charge >= 0.3 is 0 Å². The predicted octanol–water partition coefficient (Wildman–Crippen LogP) is 2.60. The molecule has 1 aromatic rings. The number of benzene rings is 1. The second-order valence-electron chi connectivity index (χ2n) is 6.80. The summed E-state index contributed by atoms with van der Waals surface area (Å²) < 4.78 is 0. The van der Waals surface area contributed by atoms with E-state index in [-0.39, 0.29) is 46.9 Å². The number of hydrogen-bond donors (Lipinski definition) is 1. The van der Waals surface area contributed by atoms with Gasteiger partial charge in [0.25, 0.3) is 0 Å². The van der Waals surface area contributed by atoms with Crippen molar-refractivity contribution < 1.29 is 14.7 Å². The molecule has 3 fully saturated rings. The van der Waals surface area contributed by atoms with Crippen LogP contribution in [0.2, 0.25) is 5.02 Å². The summed E-state index contributed by atoms with van der Waals surface area (Å²) in [6, 6.07) is 4.49. The van der Waals surface area contributed by atoms with Crippen molar-refractivity contribution in [3.63, 3.8) is 0 Å². The van der Waals surface area contributed by atoms with Gasteiger partial charge in [0.05, 0.1) is 17.5 Å². The maximum Gasteiger partial charge on any atom is 0.238 e. The molecule has 0 unspecified atom stereocenters. The number of anilines is 1. The normalized spacial score (nSPS) is 40.9. The smallest absolute Gasteiger partial charge is 0.238 e. The molecular formula is C17H14ClNO3. The van der Waals surface area contributed by atoms with Crippen molar-refractivity contribution in [2.24, 2.45) is 35.5 Å². The third-order valence-corrected chi connectivity index (χ3v) is 6.08. The van der Waals surface area contributed by atoms with E-state index in [4.69, 9.17) is 11.6 Å². The number of imide groups is 1. The Hall–Kier alpha value is -1.81. The molecule has 1 heterocycles. The molecule has 112 valence electrons. The van der Waals surface area contributed by atoms with Crippen molar-refractivity contribution in [1.82, 2.24) is 0 Å². The Labute approximate surface area is 132 Å². The average molecular weight is 316 g/mol. The molecule has 2 saturated carbocycles. The molecule has 1 N–H and O–H groups in total. The van der Waals surface area contributed by atoms with Gasteiger partial charge in [-0.15, -0.1) is 0 Å². The van der Waals surface area contributed by atoms with Crippen molar-refractivity contribution in [1.29, 1.82) is 0 Å². The van der Waals surface area contributed by atoms with Gasteiger partial charge in [-0.2, -0.15) is 0 Å². The number of carbonyl (C=O) groups is 2. The average Bonchev–Trinajstić information content (AvgIpc) is 3.26. The van der Waals surface area contributed by atoms with E-state index in [0.717, 1.165) is 6.42 Å².